The van der Waals surface area contributed by atoms with Gasteiger partial charge in [-0.05, 0) is 13.1 Å². The van der Waals surface area contributed by atoms with E-state index in [1.807, 2.05) is 0 Å². The van der Waals surface area contributed by atoms with E-state index in [-0.39, 0.29) is 30.4 Å². The molecule has 0 fully saturated rings. The van der Waals surface area contributed by atoms with Crippen molar-refractivity contribution in [1.29, 1.82) is 0 Å². The Bertz CT molecular complexity index is 518. The lowest BCUT2D eigenvalue weighted by Gasteiger charge is -2.15. The van der Waals surface area contributed by atoms with Gasteiger partial charge in [-0.3, -0.25) is 24.6 Å². The van der Waals surface area contributed by atoms with Crippen molar-refractivity contribution in [3.63, 3.8) is 0 Å². The molecule has 0 aliphatic carbocycles. The van der Waals surface area contributed by atoms with Crippen LogP contribution < -0.4 is 10.6 Å². The maximum atomic E-state index is 11.8. The molecule has 0 saturated carbocycles. The molecule has 0 atom stereocenters. The molecule has 1 rings (SSSR count). The Kier molecular flexibility index (Phi) is 5.60. The quantitative estimate of drug-likeness (QED) is 0.572. The predicted molar refractivity (Wildman–Crippen MR) is 73.3 cm³/mol. The highest BCUT2D eigenvalue weighted by Crippen LogP contribution is 2.22. The summed E-state index contributed by atoms with van der Waals surface area (Å²) >= 11 is 0. The highest BCUT2D eigenvalue weighted by molar-refractivity contribution is 5.94. The molecule has 0 saturated heterocycles. The van der Waals surface area contributed by atoms with Gasteiger partial charge in [0.15, 0.2) is 0 Å². The average Bonchev–Trinajstić information content (AvgIpc) is 2.38. The number of carbonyl (C=O) groups excluding carboxylic acids is 2. The summed E-state index contributed by atoms with van der Waals surface area (Å²) in [6.07, 6.45) is 0. The van der Waals surface area contributed by atoms with Crippen molar-refractivity contribution in [3.05, 3.63) is 34.4 Å². The Labute approximate surface area is 115 Å². The largest absolute Gasteiger partial charge is 0.358 e. The molecule has 20 heavy (non-hydrogen) atoms. The maximum absolute atomic E-state index is 11.8. The van der Waals surface area contributed by atoms with Crippen LogP contribution in [-0.4, -0.2) is 48.8 Å². The van der Waals surface area contributed by atoms with Crippen LogP contribution in [0.5, 0.6) is 0 Å². The number of nitrogens with one attached hydrogen (secondary N) is 2. The smallest absolute Gasteiger partial charge is 0.292 e. The summed E-state index contributed by atoms with van der Waals surface area (Å²) in [6.45, 7) is 0.0280. The van der Waals surface area contributed by atoms with E-state index in [1.165, 1.54) is 30.1 Å². The lowest BCUT2D eigenvalue weighted by Crippen LogP contribution is -2.37. The Balaban J connectivity index is 2.63. The van der Waals surface area contributed by atoms with E-state index >= 15 is 0 Å². The molecule has 0 radical (unpaired) electrons. The molecule has 2 amide bonds. The molecular weight excluding hydrogens is 264 g/mol. The van der Waals surface area contributed by atoms with Crippen LogP contribution in [0.1, 0.15) is 0 Å². The molecule has 2 N–H and O–H groups in total. The van der Waals surface area contributed by atoms with Gasteiger partial charge in [-0.25, -0.2) is 0 Å². The van der Waals surface area contributed by atoms with Gasteiger partial charge in [0.05, 0.1) is 18.0 Å². The second-order valence-corrected chi connectivity index (χ2v) is 4.17. The number of rotatable bonds is 6. The van der Waals surface area contributed by atoms with Crippen molar-refractivity contribution in [3.8, 4) is 0 Å². The molecule has 1 aromatic carbocycles. The summed E-state index contributed by atoms with van der Waals surface area (Å²) in [5, 5.41) is 15.7. The molecule has 8 nitrogen and oxygen atoms in total. The number of nitro groups is 1. The van der Waals surface area contributed by atoms with E-state index < -0.39 is 10.8 Å². The van der Waals surface area contributed by atoms with E-state index in [1.54, 1.807) is 13.1 Å². The zero-order valence-corrected chi connectivity index (χ0v) is 11.3. The van der Waals surface area contributed by atoms with Gasteiger partial charge >= 0.3 is 0 Å². The van der Waals surface area contributed by atoms with Crippen LogP contribution in [0, 0.1) is 10.1 Å². The first kappa shape index (κ1) is 15.6. The molecule has 1 aromatic rings. The zero-order valence-electron chi connectivity index (χ0n) is 11.3. The molecule has 0 aromatic heterocycles. The minimum atomic E-state index is -0.566. The van der Waals surface area contributed by atoms with Crippen LogP contribution in [0.15, 0.2) is 24.3 Å². The number of hydrogen-bond donors (Lipinski definition) is 2. The highest BCUT2D eigenvalue weighted by atomic mass is 16.6. The number of amides is 2. The van der Waals surface area contributed by atoms with Crippen molar-refractivity contribution in [1.82, 2.24) is 10.2 Å². The molecule has 8 heteroatoms. The number of para-hydroxylation sites is 2. The SMILES string of the molecule is CNC(=O)CN(C)CC(=O)Nc1ccccc1[N+](=O)[O-]. The van der Waals surface area contributed by atoms with Crippen molar-refractivity contribution in [2.45, 2.75) is 0 Å². The lowest BCUT2D eigenvalue weighted by molar-refractivity contribution is -0.383. The molecule has 0 unspecified atom stereocenters. The third-order valence-corrected chi connectivity index (χ3v) is 2.48. The molecule has 0 bridgehead atoms. The fourth-order valence-corrected chi connectivity index (χ4v) is 1.55. The number of nitrogens with zero attached hydrogens (tertiary/aromatic N) is 2. The zero-order chi connectivity index (χ0) is 15.1. The summed E-state index contributed by atoms with van der Waals surface area (Å²) in [7, 11) is 3.11. The predicted octanol–water partition coefficient (Wildman–Crippen LogP) is 0.211. The third-order valence-electron chi connectivity index (χ3n) is 2.48. The van der Waals surface area contributed by atoms with Crippen LogP contribution in [0.4, 0.5) is 11.4 Å². The van der Waals surface area contributed by atoms with Crippen LogP contribution in [-0.2, 0) is 9.59 Å². The first-order chi connectivity index (χ1) is 9.43. The van der Waals surface area contributed by atoms with Crippen LogP contribution in [0.2, 0.25) is 0 Å². The Hall–Kier alpha value is -2.48. The summed E-state index contributed by atoms with van der Waals surface area (Å²) in [6, 6.07) is 5.88. The average molecular weight is 280 g/mol. The molecule has 0 aliphatic rings. The lowest BCUT2D eigenvalue weighted by atomic mass is 10.2. The monoisotopic (exact) mass is 280 g/mol. The summed E-state index contributed by atoms with van der Waals surface area (Å²) in [5.74, 6) is -0.642. The molecule has 0 spiro atoms. The topological polar surface area (TPSA) is 105 Å². The second-order valence-electron chi connectivity index (χ2n) is 4.17. The molecule has 108 valence electrons. The number of hydrogen-bond acceptors (Lipinski definition) is 5. The van der Waals surface area contributed by atoms with Gasteiger partial charge in [-0.15, -0.1) is 0 Å². The van der Waals surface area contributed by atoms with Crippen LogP contribution >= 0.6 is 0 Å². The van der Waals surface area contributed by atoms with E-state index in [4.69, 9.17) is 0 Å². The van der Waals surface area contributed by atoms with Gasteiger partial charge in [-0.2, -0.15) is 0 Å². The molecular formula is C12H16N4O4. The Morgan fingerprint density at radius 2 is 1.85 bits per heavy atom. The van der Waals surface area contributed by atoms with Gasteiger partial charge in [0, 0.05) is 13.1 Å². The summed E-state index contributed by atoms with van der Waals surface area (Å²) in [4.78, 5) is 34.6. The van der Waals surface area contributed by atoms with E-state index in [0.717, 1.165) is 0 Å². The fraction of sp³-hybridized carbons (Fsp3) is 0.333. The van der Waals surface area contributed by atoms with Gasteiger partial charge in [-0.1, -0.05) is 12.1 Å². The number of carbonyl (C=O) groups is 2. The summed E-state index contributed by atoms with van der Waals surface area (Å²) < 4.78 is 0. The van der Waals surface area contributed by atoms with E-state index in [0.29, 0.717) is 0 Å². The first-order valence-electron chi connectivity index (χ1n) is 5.86. The second kappa shape index (κ2) is 7.19. The van der Waals surface area contributed by atoms with Crippen molar-refractivity contribution in [2.24, 2.45) is 0 Å². The van der Waals surface area contributed by atoms with Crippen molar-refractivity contribution in [2.75, 3.05) is 32.5 Å². The highest BCUT2D eigenvalue weighted by Gasteiger charge is 2.16. The summed E-state index contributed by atoms with van der Waals surface area (Å²) in [5.41, 5.74) is -0.0364. The normalized spacial score (nSPS) is 10.2. The van der Waals surface area contributed by atoms with Gasteiger partial charge in [0.2, 0.25) is 11.8 Å². The molecule has 0 aliphatic heterocycles. The van der Waals surface area contributed by atoms with Crippen LogP contribution in [0.3, 0.4) is 0 Å². The standard InChI is InChI=1S/C12H16N4O4/c1-13-11(17)7-15(2)8-12(18)14-9-5-3-4-6-10(9)16(19)20/h3-6H,7-8H2,1-2H3,(H,13,17)(H,14,18). The Morgan fingerprint density at radius 3 is 2.45 bits per heavy atom. The van der Waals surface area contributed by atoms with Crippen LogP contribution in [0.25, 0.3) is 0 Å². The number of likely N-dealkylation sites (N-methyl/N-ethyl adjacent to an activating group) is 2. The minimum Gasteiger partial charge on any atom is -0.358 e. The first-order valence-corrected chi connectivity index (χ1v) is 5.86. The van der Waals surface area contributed by atoms with Gasteiger partial charge < -0.3 is 10.6 Å². The number of anilines is 1. The van der Waals surface area contributed by atoms with Gasteiger partial charge in [0.25, 0.3) is 5.69 Å². The minimum absolute atomic E-state index is 0.0422. The van der Waals surface area contributed by atoms with Crippen molar-refractivity contribution >= 4 is 23.2 Å². The van der Waals surface area contributed by atoms with E-state index in [9.17, 15) is 19.7 Å². The van der Waals surface area contributed by atoms with E-state index in [2.05, 4.69) is 10.6 Å². The Morgan fingerprint density at radius 1 is 1.25 bits per heavy atom. The number of benzene rings is 1. The van der Waals surface area contributed by atoms with Gasteiger partial charge in [0.1, 0.15) is 5.69 Å². The molecule has 0 heterocycles. The fourth-order valence-electron chi connectivity index (χ4n) is 1.55. The number of nitro benzene ring substituents is 1. The maximum Gasteiger partial charge on any atom is 0.292 e. The van der Waals surface area contributed by atoms with Crippen molar-refractivity contribution < 1.29 is 14.5 Å². The third kappa shape index (κ3) is 4.65.